The van der Waals surface area contributed by atoms with Gasteiger partial charge >= 0.3 is 0 Å². The van der Waals surface area contributed by atoms with Gasteiger partial charge in [0.2, 0.25) is 5.91 Å². The highest BCUT2D eigenvalue weighted by Crippen LogP contribution is 2.25. The molecule has 0 radical (unpaired) electrons. The van der Waals surface area contributed by atoms with Gasteiger partial charge in [0.15, 0.2) is 5.82 Å². The first-order chi connectivity index (χ1) is 11.6. The van der Waals surface area contributed by atoms with Crippen LogP contribution in [0.4, 0.5) is 0 Å². The predicted octanol–water partition coefficient (Wildman–Crippen LogP) is 2.63. The van der Waals surface area contributed by atoms with Gasteiger partial charge in [0, 0.05) is 12.1 Å². The molecule has 7 nitrogen and oxygen atoms in total. The quantitative estimate of drug-likeness (QED) is 0.752. The van der Waals surface area contributed by atoms with Gasteiger partial charge in [0.25, 0.3) is 5.89 Å². The SMILES string of the molecule is CCc1noc(-c2c(C)cc(C)n2CC(=O)NCc2ccco2)n1. The van der Waals surface area contributed by atoms with E-state index in [9.17, 15) is 4.79 Å². The summed E-state index contributed by atoms with van der Waals surface area (Å²) in [6.07, 6.45) is 2.28. The molecule has 0 aromatic carbocycles. The first-order valence-electron chi connectivity index (χ1n) is 7.87. The Hall–Kier alpha value is -2.83. The van der Waals surface area contributed by atoms with Gasteiger partial charge in [-0.1, -0.05) is 12.1 Å². The number of carbonyl (C=O) groups excluding carboxylic acids is 1. The first kappa shape index (κ1) is 16.0. The smallest absolute Gasteiger partial charge is 0.274 e. The van der Waals surface area contributed by atoms with Crippen LogP contribution in [0.15, 0.2) is 33.4 Å². The van der Waals surface area contributed by atoms with Crippen molar-refractivity contribution in [2.45, 2.75) is 40.3 Å². The molecule has 0 saturated heterocycles. The third kappa shape index (κ3) is 3.24. The maximum absolute atomic E-state index is 12.3. The fraction of sp³-hybridized carbons (Fsp3) is 0.353. The molecule has 24 heavy (non-hydrogen) atoms. The van der Waals surface area contributed by atoms with E-state index in [0.29, 0.717) is 30.4 Å². The lowest BCUT2D eigenvalue weighted by atomic mass is 10.2. The maximum atomic E-state index is 12.3. The van der Waals surface area contributed by atoms with Crippen LogP contribution in [0.2, 0.25) is 0 Å². The molecule has 0 aliphatic carbocycles. The normalized spacial score (nSPS) is 11.0. The molecule has 0 aliphatic rings. The van der Waals surface area contributed by atoms with Crippen molar-refractivity contribution in [1.29, 1.82) is 0 Å². The van der Waals surface area contributed by atoms with Crippen LogP contribution in [-0.4, -0.2) is 20.6 Å². The number of rotatable bonds is 6. The molecule has 0 atom stereocenters. The van der Waals surface area contributed by atoms with E-state index < -0.39 is 0 Å². The lowest BCUT2D eigenvalue weighted by Crippen LogP contribution is -2.27. The Balaban J connectivity index is 1.78. The average molecular weight is 328 g/mol. The summed E-state index contributed by atoms with van der Waals surface area (Å²) >= 11 is 0. The third-order valence-corrected chi connectivity index (χ3v) is 3.82. The molecule has 1 N–H and O–H groups in total. The number of nitrogens with one attached hydrogen (secondary N) is 1. The lowest BCUT2D eigenvalue weighted by molar-refractivity contribution is -0.121. The molecule has 3 heterocycles. The van der Waals surface area contributed by atoms with Gasteiger partial charge in [-0.25, -0.2) is 0 Å². The number of carbonyl (C=O) groups is 1. The summed E-state index contributed by atoms with van der Waals surface area (Å²) in [5.41, 5.74) is 2.75. The molecule has 3 rings (SSSR count). The molecule has 0 fully saturated rings. The third-order valence-electron chi connectivity index (χ3n) is 3.82. The van der Waals surface area contributed by atoms with E-state index in [2.05, 4.69) is 15.5 Å². The van der Waals surface area contributed by atoms with Gasteiger partial charge < -0.3 is 18.8 Å². The van der Waals surface area contributed by atoms with Gasteiger partial charge in [0.1, 0.15) is 18.0 Å². The monoisotopic (exact) mass is 328 g/mol. The van der Waals surface area contributed by atoms with Crippen molar-refractivity contribution in [3.63, 3.8) is 0 Å². The van der Waals surface area contributed by atoms with Gasteiger partial charge in [-0.15, -0.1) is 0 Å². The summed E-state index contributed by atoms with van der Waals surface area (Å²) in [5.74, 6) is 1.70. The van der Waals surface area contributed by atoms with Crippen LogP contribution >= 0.6 is 0 Å². The number of hydrogen-bond donors (Lipinski definition) is 1. The van der Waals surface area contributed by atoms with Gasteiger partial charge in [-0.3, -0.25) is 4.79 Å². The summed E-state index contributed by atoms with van der Waals surface area (Å²) in [7, 11) is 0. The Morgan fingerprint density at radius 2 is 2.21 bits per heavy atom. The number of furan rings is 1. The zero-order valence-electron chi connectivity index (χ0n) is 14.0. The minimum Gasteiger partial charge on any atom is -0.467 e. The second kappa shape index (κ2) is 6.74. The van der Waals surface area contributed by atoms with Crippen molar-refractivity contribution in [3.8, 4) is 11.6 Å². The Morgan fingerprint density at radius 1 is 1.38 bits per heavy atom. The Labute approximate surface area is 139 Å². The Kier molecular flexibility index (Phi) is 4.50. The maximum Gasteiger partial charge on any atom is 0.274 e. The summed E-state index contributed by atoms with van der Waals surface area (Å²) < 4.78 is 12.5. The van der Waals surface area contributed by atoms with Crippen LogP contribution in [-0.2, 0) is 24.3 Å². The fourth-order valence-electron chi connectivity index (χ4n) is 2.63. The van der Waals surface area contributed by atoms with Gasteiger partial charge in [-0.2, -0.15) is 4.98 Å². The summed E-state index contributed by atoms with van der Waals surface area (Å²) in [4.78, 5) is 16.7. The zero-order chi connectivity index (χ0) is 17.1. The summed E-state index contributed by atoms with van der Waals surface area (Å²) in [5, 5.41) is 6.78. The molecule has 0 bridgehead atoms. The van der Waals surface area contributed by atoms with E-state index in [-0.39, 0.29) is 12.5 Å². The van der Waals surface area contributed by atoms with Crippen LogP contribution in [0.3, 0.4) is 0 Å². The molecular weight excluding hydrogens is 308 g/mol. The van der Waals surface area contributed by atoms with E-state index >= 15 is 0 Å². The van der Waals surface area contributed by atoms with Crippen LogP contribution in [0, 0.1) is 13.8 Å². The second-order valence-electron chi connectivity index (χ2n) is 5.63. The second-order valence-corrected chi connectivity index (χ2v) is 5.63. The van der Waals surface area contributed by atoms with Crippen LogP contribution in [0.25, 0.3) is 11.6 Å². The van der Waals surface area contributed by atoms with Gasteiger partial charge in [0.05, 0.1) is 12.8 Å². The van der Waals surface area contributed by atoms with Crippen molar-refractivity contribution >= 4 is 5.91 Å². The number of aromatic nitrogens is 3. The van der Waals surface area contributed by atoms with E-state index in [0.717, 1.165) is 17.0 Å². The summed E-state index contributed by atoms with van der Waals surface area (Å²) in [6, 6.07) is 5.62. The highest BCUT2D eigenvalue weighted by Gasteiger charge is 2.19. The number of nitrogens with zero attached hydrogens (tertiary/aromatic N) is 3. The van der Waals surface area contributed by atoms with Gasteiger partial charge in [-0.05, 0) is 37.6 Å². The first-order valence-corrected chi connectivity index (χ1v) is 7.87. The molecule has 0 spiro atoms. The molecule has 1 amide bonds. The minimum atomic E-state index is -0.110. The molecule has 126 valence electrons. The zero-order valence-corrected chi connectivity index (χ0v) is 14.0. The van der Waals surface area contributed by atoms with Crippen molar-refractivity contribution in [2.24, 2.45) is 0 Å². The van der Waals surface area contributed by atoms with Crippen LogP contribution < -0.4 is 5.32 Å². The topological polar surface area (TPSA) is 86.1 Å². The number of aryl methyl sites for hydroxylation is 3. The summed E-state index contributed by atoms with van der Waals surface area (Å²) in [6.45, 7) is 6.43. The molecule has 3 aromatic rings. The van der Waals surface area contributed by atoms with Crippen LogP contribution in [0.1, 0.15) is 29.8 Å². The highest BCUT2D eigenvalue weighted by molar-refractivity contribution is 5.76. The Bertz CT molecular complexity index is 830. The minimum absolute atomic E-state index is 0.110. The molecule has 0 aliphatic heterocycles. The van der Waals surface area contributed by atoms with Crippen molar-refractivity contribution in [1.82, 2.24) is 20.0 Å². The van der Waals surface area contributed by atoms with E-state index in [1.165, 1.54) is 0 Å². The largest absolute Gasteiger partial charge is 0.467 e. The average Bonchev–Trinajstić information content (AvgIpc) is 3.27. The molecule has 7 heteroatoms. The fourth-order valence-corrected chi connectivity index (χ4v) is 2.63. The lowest BCUT2D eigenvalue weighted by Gasteiger charge is -2.10. The van der Waals surface area contributed by atoms with E-state index in [1.54, 1.807) is 12.3 Å². The Morgan fingerprint density at radius 3 is 2.88 bits per heavy atom. The number of hydrogen-bond acceptors (Lipinski definition) is 5. The molecular formula is C17H20N4O3. The highest BCUT2D eigenvalue weighted by atomic mass is 16.5. The predicted molar refractivity (Wildman–Crippen MR) is 87.1 cm³/mol. The molecule has 0 saturated carbocycles. The van der Waals surface area contributed by atoms with Crippen molar-refractivity contribution in [2.75, 3.05) is 0 Å². The van der Waals surface area contributed by atoms with E-state index in [1.807, 2.05) is 37.5 Å². The molecule has 0 unspecified atom stereocenters. The standard InChI is InChI=1S/C17H20N4O3/c1-4-14-19-17(24-20-14)16-11(2)8-12(3)21(16)10-15(22)18-9-13-6-5-7-23-13/h5-8H,4,9-10H2,1-3H3,(H,18,22). The van der Waals surface area contributed by atoms with Crippen molar-refractivity contribution in [3.05, 3.63) is 47.3 Å². The molecule has 3 aromatic heterocycles. The van der Waals surface area contributed by atoms with Crippen molar-refractivity contribution < 1.29 is 13.7 Å². The van der Waals surface area contributed by atoms with Crippen LogP contribution in [0.5, 0.6) is 0 Å². The van der Waals surface area contributed by atoms with E-state index in [4.69, 9.17) is 8.94 Å². The number of amides is 1.